The number of aromatic nitrogens is 4. The largest absolute Gasteiger partial charge is 0.373 e. The Morgan fingerprint density at radius 1 is 0.811 bits per heavy atom. The van der Waals surface area contributed by atoms with Gasteiger partial charge >= 0.3 is 0 Å². The molecule has 37 heavy (non-hydrogen) atoms. The van der Waals surface area contributed by atoms with Crippen molar-refractivity contribution in [1.82, 2.24) is 25.5 Å². The van der Waals surface area contributed by atoms with E-state index in [1.54, 1.807) is 0 Å². The van der Waals surface area contributed by atoms with Crippen LogP contribution in [0.5, 0.6) is 0 Å². The smallest absolute Gasteiger partial charge is 0.179 e. The molecule has 0 aromatic carbocycles. The summed E-state index contributed by atoms with van der Waals surface area (Å²) in [5.74, 6) is 0.752. The van der Waals surface area contributed by atoms with Crippen molar-refractivity contribution in [1.29, 1.82) is 0 Å². The SMILES string of the molecule is CC(C)(C)C1=CN=CC1.CC(C)(C)N1CCCC1.CC(C)(C)OC1CCCC1.CC(C)(C)c1nn[nH]n1. The maximum absolute atomic E-state index is 5.80. The van der Waals surface area contributed by atoms with Crippen molar-refractivity contribution >= 4 is 6.21 Å². The third-order valence-corrected chi connectivity index (χ3v) is 6.50. The number of rotatable bonds is 1. The summed E-state index contributed by atoms with van der Waals surface area (Å²) in [6, 6.07) is 0. The van der Waals surface area contributed by atoms with Crippen molar-refractivity contribution in [2.75, 3.05) is 13.1 Å². The number of hydrogen-bond donors (Lipinski definition) is 1. The Morgan fingerprint density at radius 3 is 1.65 bits per heavy atom. The Bertz CT molecular complexity index is 789. The Hall–Kier alpha value is -1.60. The molecule has 7 heteroatoms. The van der Waals surface area contributed by atoms with E-state index in [0.717, 1.165) is 12.2 Å². The van der Waals surface area contributed by atoms with E-state index in [0.29, 0.717) is 17.1 Å². The van der Waals surface area contributed by atoms with E-state index in [-0.39, 0.29) is 11.0 Å². The molecule has 4 rings (SSSR count). The van der Waals surface area contributed by atoms with Gasteiger partial charge in [-0.3, -0.25) is 9.89 Å². The zero-order chi connectivity index (χ0) is 28.3. The first kappa shape index (κ1) is 33.4. The minimum atomic E-state index is 0.00694. The number of nitrogens with zero attached hydrogens (tertiary/aromatic N) is 5. The molecule has 0 spiro atoms. The molecule has 0 radical (unpaired) electrons. The standard InChI is InChI=1S/C9H18O.C8H13N.C8H17N.C5H10N4/c1-9(2,3)10-8-6-4-5-7-8;1-8(2,3)7-4-5-9-6-7;1-8(2,3)9-6-4-5-7-9;1-5(2,3)4-6-8-9-7-4/h8H,4-7H2,1-3H3;5-6H,4H2,1-3H3;4-7H2,1-3H3;1-3H3,(H,6,7,8,9). The predicted octanol–water partition coefficient (Wildman–Crippen LogP) is 7.51. The first-order chi connectivity index (χ1) is 16.9. The number of nitrogens with one attached hydrogen (secondary N) is 1. The number of likely N-dealkylation sites (tertiary alicyclic amines) is 1. The maximum atomic E-state index is 5.80. The summed E-state index contributed by atoms with van der Waals surface area (Å²) < 4.78 is 5.80. The summed E-state index contributed by atoms with van der Waals surface area (Å²) in [4.78, 5) is 6.59. The number of H-pyrrole nitrogens is 1. The van der Waals surface area contributed by atoms with E-state index in [2.05, 4.69) is 92.8 Å². The summed E-state index contributed by atoms with van der Waals surface area (Å²) in [5.41, 5.74) is 2.23. The van der Waals surface area contributed by atoms with Crippen LogP contribution < -0.4 is 0 Å². The van der Waals surface area contributed by atoms with Crippen molar-refractivity contribution in [3.8, 4) is 0 Å². The number of aliphatic imine (C=N–C) groups is 1. The van der Waals surface area contributed by atoms with Crippen LogP contribution in [-0.4, -0.2) is 62.1 Å². The van der Waals surface area contributed by atoms with Gasteiger partial charge in [-0.05, 0) is 91.3 Å². The highest BCUT2D eigenvalue weighted by molar-refractivity contribution is 5.65. The molecule has 2 aliphatic heterocycles. The summed E-state index contributed by atoms with van der Waals surface area (Å²) in [5, 5.41) is 13.5. The first-order valence-corrected chi connectivity index (χ1v) is 14.3. The van der Waals surface area contributed by atoms with Gasteiger partial charge in [-0.1, -0.05) is 59.6 Å². The van der Waals surface area contributed by atoms with E-state index < -0.39 is 0 Å². The third-order valence-electron chi connectivity index (χ3n) is 6.50. The van der Waals surface area contributed by atoms with E-state index in [1.165, 1.54) is 57.2 Å². The molecule has 3 aliphatic rings. The summed E-state index contributed by atoms with van der Waals surface area (Å²) in [6.45, 7) is 28.6. The zero-order valence-electron chi connectivity index (χ0n) is 26.2. The maximum Gasteiger partial charge on any atom is 0.179 e. The summed E-state index contributed by atoms with van der Waals surface area (Å²) in [6.07, 6.45) is 13.6. The molecular weight excluding hydrogens is 460 g/mol. The molecule has 1 aromatic rings. The lowest BCUT2D eigenvalue weighted by molar-refractivity contribution is -0.0558. The highest BCUT2D eigenvalue weighted by atomic mass is 16.5. The average Bonchev–Trinajstić information content (AvgIpc) is 3.57. The van der Waals surface area contributed by atoms with Crippen LogP contribution in [0, 0.1) is 5.41 Å². The fourth-order valence-electron chi connectivity index (χ4n) is 4.22. The van der Waals surface area contributed by atoms with Crippen LogP contribution in [0.1, 0.15) is 134 Å². The van der Waals surface area contributed by atoms with Gasteiger partial charge < -0.3 is 4.74 Å². The van der Waals surface area contributed by atoms with Crippen LogP contribution in [0.15, 0.2) is 16.8 Å². The van der Waals surface area contributed by atoms with Gasteiger partial charge in [-0.2, -0.15) is 5.21 Å². The lowest BCUT2D eigenvalue weighted by atomic mass is 9.86. The molecule has 3 heterocycles. The Labute approximate surface area is 228 Å². The molecule has 2 fully saturated rings. The van der Waals surface area contributed by atoms with Crippen LogP contribution in [0.4, 0.5) is 0 Å². The molecule has 7 nitrogen and oxygen atoms in total. The minimum absolute atomic E-state index is 0.00694. The van der Waals surface area contributed by atoms with Gasteiger partial charge in [0.05, 0.1) is 11.7 Å². The molecule has 1 aromatic heterocycles. The highest BCUT2D eigenvalue weighted by Gasteiger charge is 2.23. The van der Waals surface area contributed by atoms with Crippen molar-refractivity contribution in [2.45, 2.75) is 151 Å². The Kier molecular flexibility index (Phi) is 13.1. The number of ether oxygens (including phenoxy) is 1. The normalized spacial score (nSPS) is 18.9. The second kappa shape index (κ2) is 14.5. The lowest BCUT2D eigenvalue weighted by Gasteiger charge is -2.31. The van der Waals surface area contributed by atoms with Gasteiger partial charge in [0.15, 0.2) is 5.82 Å². The molecule has 1 saturated heterocycles. The van der Waals surface area contributed by atoms with Gasteiger partial charge in [0.2, 0.25) is 0 Å². The number of tetrazole rings is 1. The van der Waals surface area contributed by atoms with Crippen LogP contribution in [-0.2, 0) is 10.2 Å². The minimum Gasteiger partial charge on any atom is -0.373 e. The molecule has 0 bridgehead atoms. The van der Waals surface area contributed by atoms with Crippen molar-refractivity contribution < 1.29 is 4.74 Å². The summed E-state index contributed by atoms with van der Waals surface area (Å²) >= 11 is 0. The molecular formula is C30H58N6O. The number of hydrogen-bond acceptors (Lipinski definition) is 6. The molecule has 1 aliphatic carbocycles. The van der Waals surface area contributed by atoms with E-state index in [9.17, 15) is 0 Å². The van der Waals surface area contributed by atoms with Crippen LogP contribution in [0.25, 0.3) is 0 Å². The van der Waals surface area contributed by atoms with Gasteiger partial charge in [-0.15, -0.1) is 10.2 Å². The second-order valence-electron chi connectivity index (χ2n) is 14.4. The zero-order valence-corrected chi connectivity index (χ0v) is 26.2. The average molecular weight is 519 g/mol. The quantitative estimate of drug-likeness (QED) is 0.416. The molecule has 1 N–H and O–H groups in total. The molecule has 0 unspecified atom stereocenters. The van der Waals surface area contributed by atoms with Crippen molar-refractivity contribution in [3.63, 3.8) is 0 Å². The Balaban J connectivity index is 0.000000247. The van der Waals surface area contributed by atoms with E-state index in [4.69, 9.17) is 4.74 Å². The van der Waals surface area contributed by atoms with Crippen LogP contribution in [0.2, 0.25) is 0 Å². The van der Waals surface area contributed by atoms with E-state index >= 15 is 0 Å². The van der Waals surface area contributed by atoms with Gasteiger partial charge in [0.25, 0.3) is 0 Å². The van der Waals surface area contributed by atoms with E-state index in [1.807, 2.05) is 33.2 Å². The highest BCUT2D eigenvalue weighted by Crippen LogP contribution is 2.29. The first-order valence-electron chi connectivity index (χ1n) is 14.3. The van der Waals surface area contributed by atoms with Crippen molar-refractivity contribution in [3.05, 3.63) is 17.6 Å². The molecule has 1 saturated carbocycles. The topological polar surface area (TPSA) is 79.3 Å². The predicted molar refractivity (Wildman–Crippen MR) is 157 cm³/mol. The molecule has 0 atom stereocenters. The summed E-state index contributed by atoms with van der Waals surface area (Å²) in [7, 11) is 0. The van der Waals surface area contributed by atoms with Crippen molar-refractivity contribution in [2.24, 2.45) is 10.4 Å². The Morgan fingerprint density at radius 2 is 1.38 bits per heavy atom. The van der Waals surface area contributed by atoms with Crippen LogP contribution >= 0.6 is 0 Å². The van der Waals surface area contributed by atoms with Gasteiger partial charge in [0, 0.05) is 29.8 Å². The fourth-order valence-corrected chi connectivity index (χ4v) is 4.22. The van der Waals surface area contributed by atoms with Gasteiger partial charge in [-0.25, -0.2) is 0 Å². The third kappa shape index (κ3) is 14.8. The second-order valence-corrected chi connectivity index (χ2v) is 14.4. The molecule has 0 amide bonds. The number of allylic oxidation sites excluding steroid dienone is 1. The number of aromatic amines is 1. The monoisotopic (exact) mass is 518 g/mol. The fraction of sp³-hybridized carbons (Fsp3) is 0.867. The lowest BCUT2D eigenvalue weighted by Crippen LogP contribution is -2.38. The van der Waals surface area contributed by atoms with Crippen LogP contribution in [0.3, 0.4) is 0 Å². The van der Waals surface area contributed by atoms with Gasteiger partial charge in [0.1, 0.15) is 0 Å². The molecule has 214 valence electrons.